The number of hydrogen-bond donors (Lipinski definition) is 1. The molecule has 1 aromatic rings. The average molecular weight is 288 g/mol. The number of carbonyl (C=O) groups is 1. The normalized spacial score (nSPS) is 12.0. The fourth-order valence-corrected chi connectivity index (χ4v) is 1.76. The van der Waals surface area contributed by atoms with Crippen LogP contribution in [0.2, 0.25) is 5.02 Å². The number of amides is 1. The second-order valence-electron chi connectivity index (χ2n) is 4.33. The van der Waals surface area contributed by atoms with Gasteiger partial charge in [0.25, 0.3) is 5.91 Å². The summed E-state index contributed by atoms with van der Waals surface area (Å²) in [7, 11) is 0. The Kier molecular flexibility index (Phi) is 6.64. The minimum atomic E-state index is -0.662. The van der Waals surface area contributed by atoms with Gasteiger partial charge in [-0.2, -0.15) is 0 Å². The van der Waals surface area contributed by atoms with E-state index in [1.807, 2.05) is 0 Å². The van der Waals surface area contributed by atoms with Gasteiger partial charge in [0.2, 0.25) is 0 Å². The largest absolute Gasteiger partial charge is 0.479 e. The van der Waals surface area contributed by atoms with Crippen molar-refractivity contribution in [1.82, 2.24) is 5.32 Å². The molecule has 5 heteroatoms. The van der Waals surface area contributed by atoms with Crippen molar-refractivity contribution in [3.05, 3.63) is 29.0 Å². The molecule has 3 nitrogen and oxygen atoms in total. The minimum absolute atomic E-state index is 0.158. The van der Waals surface area contributed by atoms with E-state index in [1.54, 1.807) is 6.92 Å². The maximum Gasteiger partial charge on any atom is 0.260 e. The number of halogens is 2. The molecule has 0 aliphatic carbocycles. The average Bonchev–Trinajstić information content (AvgIpc) is 2.37. The zero-order chi connectivity index (χ0) is 14.3. The highest BCUT2D eigenvalue weighted by molar-refractivity contribution is 6.32. The topological polar surface area (TPSA) is 38.3 Å². The zero-order valence-corrected chi connectivity index (χ0v) is 12.0. The predicted octanol–water partition coefficient (Wildman–Crippen LogP) is 3.55. The summed E-state index contributed by atoms with van der Waals surface area (Å²) in [6, 6.07) is 3.81. The smallest absolute Gasteiger partial charge is 0.260 e. The molecular formula is C14H19ClFNO2. The number of carbonyl (C=O) groups excluding carboxylic acids is 1. The first-order chi connectivity index (χ1) is 9.04. The third-order valence-corrected chi connectivity index (χ3v) is 2.94. The summed E-state index contributed by atoms with van der Waals surface area (Å²) in [6.07, 6.45) is 2.48. The standard InChI is InChI=1S/C14H19ClFNO2/c1-3-4-5-8-17-14(18)10(2)19-13-7-6-11(16)9-12(13)15/h6-7,9-10H,3-5,8H2,1-2H3,(H,17,18). The van der Waals surface area contributed by atoms with E-state index in [2.05, 4.69) is 12.2 Å². The van der Waals surface area contributed by atoms with Crippen molar-refractivity contribution in [3.63, 3.8) is 0 Å². The maximum absolute atomic E-state index is 12.9. The SMILES string of the molecule is CCCCCNC(=O)C(C)Oc1ccc(F)cc1Cl. The fraction of sp³-hybridized carbons (Fsp3) is 0.500. The molecule has 0 saturated carbocycles. The van der Waals surface area contributed by atoms with E-state index in [0.29, 0.717) is 12.3 Å². The molecule has 1 aromatic carbocycles. The molecule has 0 heterocycles. The second kappa shape index (κ2) is 8.00. The van der Waals surface area contributed by atoms with Crippen LogP contribution in [0.1, 0.15) is 33.1 Å². The van der Waals surface area contributed by atoms with Crippen molar-refractivity contribution < 1.29 is 13.9 Å². The first kappa shape index (κ1) is 15.8. The monoisotopic (exact) mass is 287 g/mol. The van der Waals surface area contributed by atoms with Crippen molar-refractivity contribution in [3.8, 4) is 5.75 Å². The summed E-state index contributed by atoms with van der Waals surface area (Å²) in [6.45, 7) is 4.37. The van der Waals surface area contributed by atoms with Crippen LogP contribution in [0.25, 0.3) is 0 Å². The number of unbranched alkanes of at least 4 members (excludes halogenated alkanes) is 2. The van der Waals surface area contributed by atoms with E-state index < -0.39 is 11.9 Å². The molecule has 0 aliphatic rings. The van der Waals surface area contributed by atoms with E-state index in [-0.39, 0.29) is 10.9 Å². The lowest BCUT2D eigenvalue weighted by molar-refractivity contribution is -0.127. The third-order valence-electron chi connectivity index (χ3n) is 2.65. The van der Waals surface area contributed by atoms with Crippen molar-refractivity contribution in [1.29, 1.82) is 0 Å². The van der Waals surface area contributed by atoms with Gasteiger partial charge in [0.1, 0.15) is 11.6 Å². The molecule has 0 fully saturated rings. The first-order valence-electron chi connectivity index (χ1n) is 6.44. The van der Waals surface area contributed by atoms with E-state index in [4.69, 9.17) is 16.3 Å². The van der Waals surface area contributed by atoms with Crippen LogP contribution in [0.4, 0.5) is 4.39 Å². The summed E-state index contributed by atoms with van der Waals surface area (Å²) < 4.78 is 18.3. The van der Waals surface area contributed by atoms with E-state index in [0.717, 1.165) is 25.3 Å². The van der Waals surface area contributed by atoms with Gasteiger partial charge in [-0.3, -0.25) is 4.79 Å². The molecule has 1 N–H and O–H groups in total. The van der Waals surface area contributed by atoms with Gasteiger partial charge in [0, 0.05) is 6.54 Å². The highest BCUT2D eigenvalue weighted by Crippen LogP contribution is 2.25. The van der Waals surface area contributed by atoms with Gasteiger partial charge in [-0.1, -0.05) is 31.4 Å². The van der Waals surface area contributed by atoms with Crippen LogP contribution in [0.15, 0.2) is 18.2 Å². The molecule has 0 spiro atoms. The Morgan fingerprint density at radius 1 is 1.47 bits per heavy atom. The number of rotatable bonds is 7. The molecule has 0 aromatic heterocycles. The van der Waals surface area contributed by atoms with Crippen LogP contribution in [0.3, 0.4) is 0 Å². The Balaban J connectivity index is 2.45. The Hall–Kier alpha value is -1.29. The highest BCUT2D eigenvalue weighted by Gasteiger charge is 2.15. The Morgan fingerprint density at radius 3 is 2.84 bits per heavy atom. The molecule has 106 valence electrons. The summed E-state index contributed by atoms with van der Waals surface area (Å²) in [5.74, 6) is -0.329. The summed E-state index contributed by atoms with van der Waals surface area (Å²) in [5.41, 5.74) is 0. The molecule has 0 bridgehead atoms. The van der Waals surface area contributed by atoms with E-state index in [1.165, 1.54) is 12.1 Å². The fourth-order valence-electron chi connectivity index (χ4n) is 1.55. The summed E-state index contributed by atoms with van der Waals surface area (Å²) in [4.78, 5) is 11.7. The van der Waals surface area contributed by atoms with Crippen LogP contribution in [-0.4, -0.2) is 18.6 Å². The van der Waals surface area contributed by atoms with Gasteiger partial charge < -0.3 is 10.1 Å². The molecule has 0 saturated heterocycles. The predicted molar refractivity (Wildman–Crippen MR) is 74.0 cm³/mol. The lowest BCUT2D eigenvalue weighted by Gasteiger charge is -2.15. The quantitative estimate of drug-likeness (QED) is 0.779. The summed E-state index contributed by atoms with van der Waals surface area (Å²) >= 11 is 5.83. The Labute approximate surface area is 118 Å². The van der Waals surface area contributed by atoms with Crippen molar-refractivity contribution >= 4 is 17.5 Å². The first-order valence-corrected chi connectivity index (χ1v) is 6.81. The van der Waals surface area contributed by atoms with Gasteiger partial charge >= 0.3 is 0 Å². The van der Waals surface area contributed by atoms with Crippen LogP contribution >= 0.6 is 11.6 Å². The maximum atomic E-state index is 12.9. The molecule has 1 amide bonds. The summed E-state index contributed by atoms with van der Waals surface area (Å²) in [5, 5.41) is 2.95. The van der Waals surface area contributed by atoms with Crippen LogP contribution in [0.5, 0.6) is 5.75 Å². The number of hydrogen-bond acceptors (Lipinski definition) is 2. The molecule has 1 rings (SSSR count). The van der Waals surface area contributed by atoms with Crippen LogP contribution in [-0.2, 0) is 4.79 Å². The van der Waals surface area contributed by atoms with Crippen molar-refractivity contribution in [2.24, 2.45) is 0 Å². The van der Waals surface area contributed by atoms with Crippen LogP contribution in [0, 0.1) is 5.82 Å². The second-order valence-corrected chi connectivity index (χ2v) is 4.74. The molecule has 19 heavy (non-hydrogen) atoms. The van der Waals surface area contributed by atoms with Crippen LogP contribution < -0.4 is 10.1 Å². The highest BCUT2D eigenvalue weighted by atomic mass is 35.5. The molecule has 1 atom stereocenters. The Bertz CT molecular complexity index is 426. The lowest BCUT2D eigenvalue weighted by atomic mass is 10.2. The zero-order valence-electron chi connectivity index (χ0n) is 11.2. The Morgan fingerprint density at radius 2 is 2.21 bits per heavy atom. The molecule has 1 unspecified atom stereocenters. The number of nitrogens with one attached hydrogen (secondary N) is 1. The molecule has 0 radical (unpaired) electrons. The van der Waals surface area contributed by atoms with Crippen molar-refractivity contribution in [2.45, 2.75) is 39.2 Å². The van der Waals surface area contributed by atoms with Gasteiger partial charge in [-0.15, -0.1) is 0 Å². The number of benzene rings is 1. The molecule has 0 aliphatic heterocycles. The molecular weight excluding hydrogens is 269 g/mol. The van der Waals surface area contributed by atoms with E-state index in [9.17, 15) is 9.18 Å². The number of ether oxygens (including phenoxy) is 1. The van der Waals surface area contributed by atoms with Crippen molar-refractivity contribution in [2.75, 3.05) is 6.54 Å². The third kappa shape index (κ3) is 5.47. The van der Waals surface area contributed by atoms with Gasteiger partial charge in [-0.05, 0) is 31.5 Å². The minimum Gasteiger partial charge on any atom is -0.479 e. The van der Waals surface area contributed by atoms with Gasteiger partial charge in [-0.25, -0.2) is 4.39 Å². The van der Waals surface area contributed by atoms with Gasteiger partial charge in [0.15, 0.2) is 6.10 Å². The van der Waals surface area contributed by atoms with Gasteiger partial charge in [0.05, 0.1) is 5.02 Å². The lowest BCUT2D eigenvalue weighted by Crippen LogP contribution is -2.36. The van der Waals surface area contributed by atoms with E-state index >= 15 is 0 Å².